The van der Waals surface area contributed by atoms with Crippen LogP contribution in [0.1, 0.15) is 56.2 Å². The molecule has 9 heteroatoms. The van der Waals surface area contributed by atoms with E-state index in [-0.39, 0.29) is 64.0 Å². The highest BCUT2D eigenvalue weighted by atomic mass is 32.2. The third kappa shape index (κ3) is 2.65. The summed E-state index contributed by atoms with van der Waals surface area (Å²) in [5.74, 6) is -0.869. The van der Waals surface area contributed by atoms with E-state index in [0.717, 1.165) is 37.1 Å². The second-order valence-electron chi connectivity index (χ2n) is 9.94. The lowest BCUT2D eigenvalue weighted by molar-refractivity contribution is -0.142. The SMILES string of the molecule is O=C(O)CCCN1C(=O)[C@@H]2[C@H]3C[C@@H]([C@@H]4Sc5[nH]c(=O)sc5C5(CCCCC5)[C@@H]34)[C@H]2C1=O. The monoisotopic (exact) mass is 462 g/mol. The fourth-order valence-corrected chi connectivity index (χ4v) is 10.9. The summed E-state index contributed by atoms with van der Waals surface area (Å²) in [6.07, 6.45) is 6.87. The average Bonchev–Trinajstić information content (AvgIpc) is 3.46. The number of likely N-dealkylation sites (tertiary alicyclic amines) is 1. The molecule has 1 saturated heterocycles. The van der Waals surface area contributed by atoms with Crippen LogP contribution in [-0.2, 0) is 19.8 Å². The molecule has 0 aromatic carbocycles. The topological polar surface area (TPSA) is 108 Å². The van der Waals surface area contributed by atoms with Crippen molar-refractivity contribution in [2.45, 2.75) is 67.1 Å². The number of rotatable bonds is 4. The Balaban J connectivity index is 1.36. The molecule has 0 unspecified atom stereocenters. The number of nitrogens with one attached hydrogen (secondary N) is 1. The first kappa shape index (κ1) is 20.0. The molecule has 31 heavy (non-hydrogen) atoms. The van der Waals surface area contributed by atoms with Crippen molar-refractivity contribution in [1.82, 2.24) is 9.88 Å². The number of nitrogens with zero attached hydrogens (tertiary/aromatic N) is 1. The summed E-state index contributed by atoms with van der Waals surface area (Å²) in [6.45, 7) is 0.213. The number of aromatic amines is 1. The predicted molar refractivity (Wildman–Crippen MR) is 115 cm³/mol. The predicted octanol–water partition coefficient (Wildman–Crippen LogP) is 2.84. The van der Waals surface area contributed by atoms with Crippen LogP contribution < -0.4 is 4.87 Å². The van der Waals surface area contributed by atoms with Gasteiger partial charge in [-0.05, 0) is 43.4 Å². The van der Waals surface area contributed by atoms with Crippen LogP contribution in [0, 0.1) is 29.6 Å². The number of imide groups is 1. The number of aromatic nitrogens is 1. The number of carboxylic acids is 1. The highest BCUT2D eigenvalue weighted by Crippen LogP contribution is 2.71. The quantitative estimate of drug-likeness (QED) is 0.667. The highest BCUT2D eigenvalue weighted by Gasteiger charge is 2.71. The highest BCUT2D eigenvalue weighted by molar-refractivity contribution is 8.00. The summed E-state index contributed by atoms with van der Waals surface area (Å²) in [4.78, 5) is 55.4. The molecule has 166 valence electrons. The molecule has 2 bridgehead atoms. The maximum atomic E-state index is 13.4. The largest absolute Gasteiger partial charge is 0.481 e. The lowest BCUT2D eigenvalue weighted by Gasteiger charge is -2.52. The number of amides is 2. The maximum Gasteiger partial charge on any atom is 0.305 e. The molecule has 6 atom stereocenters. The van der Waals surface area contributed by atoms with E-state index >= 15 is 0 Å². The molecule has 2 aliphatic heterocycles. The van der Waals surface area contributed by atoms with E-state index in [1.54, 1.807) is 11.8 Å². The van der Waals surface area contributed by atoms with Crippen molar-refractivity contribution in [3.8, 4) is 0 Å². The number of aliphatic carboxylic acids is 1. The minimum absolute atomic E-state index is 0.00622. The molecule has 3 heterocycles. The van der Waals surface area contributed by atoms with Gasteiger partial charge in [-0.1, -0.05) is 30.6 Å². The van der Waals surface area contributed by atoms with Crippen LogP contribution in [0.3, 0.4) is 0 Å². The maximum absolute atomic E-state index is 13.4. The molecule has 0 radical (unpaired) electrons. The Morgan fingerprint density at radius 1 is 1.10 bits per heavy atom. The summed E-state index contributed by atoms with van der Waals surface area (Å²) >= 11 is 3.11. The molecular formula is C22H26N2O5S2. The van der Waals surface area contributed by atoms with Gasteiger partial charge in [-0.25, -0.2) is 0 Å². The minimum Gasteiger partial charge on any atom is -0.481 e. The lowest BCUT2D eigenvalue weighted by atomic mass is 9.57. The van der Waals surface area contributed by atoms with Crippen LogP contribution in [-0.4, -0.2) is 44.6 Å². The number of hydrogen-bond acceptors (Lipinski definition) is 6. The number of hydrogen-bond donors (Lipinski definition) is 2. The minimum atomic E-state index is -0.902. The van der Waals surface area contributed by atoms with Crippen LogP contribution in [0.15, 0.2) is 9.82 Å². The normalized spacial score (nSPS) is 37.2. The second-order valence-corrected chi connectivity index (χ2v) is 12.1. The van der Waals surface area contributed by atoms with Gasteiger partial charge in [-0.3, -0.25) is 24.1 Å². The molecule has 3 aliphatic carbocycles. The smallest absolute Gasteiger partial charge is 0.305 e. The Hall–Kier alpha value is -1.61. The number of thioether (sulfide) groups is 1. The van der Waals surface area contributed by atoms with Crippen molar-refractivity contribution >= 4 is 40.9 Å². The Morgan fingerprint density at radius 3 is 2.52 bits per heavy atom. The van der Waals surface area contributed by atoms with Crippen molar-refractivity contribution < 1.29 is 19.5 Å². The standard InChI is InChI=1S/C22H26N2O5S2/c25-12(26)5-4-8-24-19(27)13-10-9-11(14(13)20(24)28)16-15(10)22(6-2-1-3-7-22)17-18(30-16)23-21(29)31-17/h10-11,13-16H,1-9H2,(H,23,29)(H,25,26)/t10-,11-,13-,14-,15+,16+/m1/s1. The van der Waals surface area contributed by atoms with Gasteiger partial charge in [0.25, 0.3) is 0 Å². The molecule has 5 aliphatic rings. The third-order valence-corrected chi connectivity index (χ3v) is 11.4. The van der Waals surface area contributed by atoms with Gasteiger partial charge in [0.2, 0.25) is 11.8 Å². The number of carboxylic acid groups (broad SMARTS) is 1. The second kappa shape index (κ2) is 6.94. The molecule has 6 rings (SSSR count). The Kier molecular flexibility index (Phi) is 4.49. The first-order valence-corrected chi connectivity index (χ1v) is 13.1. The fraction of sp³-hybridized carbons (Fsp3) is 0.727. The van der Waals surface area contributed by atoms with Crippen LogP contribution in [0.5, 0.6) is 0 Å². The van der Waals surface area contributed by atoms with Gasteiger partial charge in [-0.2, -0.15) is 0 Å². The van der Waals surface area contributed by atoms with Crippen LogP contribution >= 0.6 is 23.1 Å². The van der Waals surface area contributed by atoms with Gasteiger partial charge in [-0.15, -0.1) is 11.8 Å². The van der Waals surface area contributed by atoms with Crippen molar-refractivity contribution in [3.05, 3.63) is 14.5 Å². The van der Waals surface area contributed by atoms with Crippen LogP contribution in [0.25, 0.3) is 0 Å². The van der Waals surface area contributed by atoms with Gasteiger partial charge < -0.3 is 10.1 Å². The van der Waals surface area contributed by atoms with Gasteiger partial charge in [0, 0.05) is 28.5 Å². The molecule has 2 N–H and O–H groups in total. The number of carbonyl (C=O) groups is 3. The van der Waals surface area contributed by atoms with Crippen molar-refractivity contribution in [3.63, 3.8) is 0 Å². The summed E-state index contributed by atoms with van der Waals surface area (Å²) in [6, 6.07) is 0. The molecule has 7 nitrogen and oxygen atoms in total. The van der Waals surface area contributed by atoms with Crippen LogP contribution in [0.2, 0.25) is 0 Å². The summed E-state index contributed by atoms with van der Waals surface area (Å²) < 4.78 is 0. The molecule has 1 aromatic heterocycles. The summed E-state index contributed by atoms with van der Waals surface area (Å²) in [7, 11) is 0. The first-order chi connectivity index (χ1) is 14.9. The zero-order valence-corrected chi connectivity index (χ0v) is 18.8. The molecule has 3 saturated carbocycles. The van der Waals surface area contributed by atoms with Gasteiger partial charge in [0.05, 0.1) is 16.9 Å². The van der Waals surface area contributed by atoms with Crippen LogP contribution in [0.4, 0.5) is 0 Å². The van der Waals surface area contributed by atoms with Gasteiger partial charge in [0.15, 0.2) is 0 Å². The van der Waals surface area contributed by atoms with Crippen molar-refractivity contribution in [1.29, 1.82) is 0 Å². The number of thiazole rings is 1. The fourth-order valence-electron chi connectivity index (χ4n) is 7.75. The Morgan fingerprint density at radius 2 is 1.81 bits per heavy atom. The first-order valence-electron chi connectivity index (χ1n) is 11.4. The van der Waals surface area contributed by atoms with E-state index in [1.165, 1.54) is 27.5 Å². The van der Waals surface area contributed by atoms with Gasteiger partial charge >= 0.3 is 10.8 Å². The zero-order chi connectivity index (χ0) is 21.5. The van der Waals surface area contributed by atoms with Gasteiger partial charge in [0.1, 0.15) is 0 Å². The number of H-pyrrole nitrogens is 1. The van der Waals surface area contributed by atoms with E-state index in [4.69, 9.17) is 5.11 Å². The van der Waals surface area contributed by atoms with E-state index in [1.807, 2.05) is 0 Å². The summed E-state index contributed by atoms with van der Waals surface area (Å²) in [5, 5.41) is 10.2. The average molecular weight is 463 g/mol. The number of fused-ring (bicyclic) bond motifs is 11. The molecule has 2 amide bonds. The van der Waals surface area contributed by atoms with Crippen molar-refractivity contribution in [2.75, 3.05) is 6.54 Å². The van der Waals surface area contributed by atoms with E-state index in [0.29, 0.717) is 12.3 Å². The molecule has 4 fully saturated rings. The van der Waals surface area contributed by atoms with E-state index in [2.05, 4.69) is 4.98 Å². The third-order valence-electron chi connectivity index (χ3n) is 8.67. The molecule has 1 aromatic rings. The summed E-state index contributed by atoms with van der Waals surface area (Å²) in [5.41, 5.74) is -0.0300. The molecule has 1 spiro atoms. The Bertz CT molecular complexity index is 1030. The zero-order valence-electron chi connectivity index (χ0n) is 17.2. The lowest BCUT2D eigenvalue weighted by Crippen LogP contribution is -2.51. The number of carbonyl (C=O) groups excluding carboxylic acids is 2. The van der Waals surface area contributed by atoms with E-state index in [9.17, 15) is 19.2 Å². The Labute approximate surface area is 188 Å². The van der Waals surface area contributed by atoms with Crippen molar-refractivity contribution in [2.24, 2.45) is 29.6 Å². The van der Waals surface area contributed by atoms with E-state index < -0.39 is 5.97 Å². The molecular weight excluding hydrogens is 436 g/mol.